The minimum atomic E-state index is -0.494. The van der Waals surface area contributed by atoms with E-state index in [4.69, 9.17) is 11.6 Å². The molecule has 0 bridgehead atoms. The summed E-state index contributed by atoms with van der Waals surface area (Å²) in [4.78, 5) is 14.6. The number of benzene rings is 1. The van der Waals surface area contributed by atoms with Crippen LogP contribution in [0.4, 0.5) is 4.39 Å². The number of nitrogens with zero attached hydrogens (tertiary/aromatic N) is 1. The summed E-state index contributed by atoms with van der Waals surface area (Å²) < 4.78 is 14.3. The van der Waals surface area contributed by atoms with Crippen molar-refractivity contribution in [1.82, 2.24) is 4.90 Å². The summed E-state index contributed by atoms with van der Waals surface area (Å²) in [5.41, 5.74) is 0.961. The monoisotopic (exact) mass is 297 g/mol. The van der Waals surface area contributed by atoms with Crippen LogP contribution in [0.25, 0.3) is 0 Å². The molecule has 0 aliphatic rings. The minimum absolute atomic E-state index is 0.102. The van der Waals surface area contributed by atoms with E-state index in [9.17, 15) is 9.18 Å². The van der Waals surface area contributed by atoms with Gasteiger partial charge in [0.1, 0.15) is 5.82 Å². The molecule has 0 unspecified atom stereocenters. The van der Waals surface area contributed by atoms with Crippen LogP contribution in [-0.4, -0.2) is 17.9 Å². The molecule has 0 spiro atoms. The maximum Gasteiger partial charge on any atom is 0.256 e. The Morgan fingerprint density at radius 1 is 1.37 bits per heavy atom. The van der Waals surface area contributed by atoms with Crippen molar-refractivity contribution >= 4 is 28.8 Å². The third-order valence-electron chi connectivity index (χ3n) is 2.72. The Hall–Kier alpha value is -1.39. The minimum Gasteiger partial charge on any atom is -0.336 e. The number of hydrogen-bond acceptors (Lipinski definition) is 2. The van der Waals surface area contributed by atoms with Crippen LogP contribution in [0.5, 0.6) is 0 Å². The van der Waals surface area contributed by atoms with Crippen molar-refractivity contribution in [3.8, 4) is 0 Å². The van der Waals surface area contributed by atoms with Gasteiger partial charge in [-0.1, -0.05) is 23.2 Å². The second-order valence-corrected chi connectivity index (χ2v) is 6.15. The first-order valence-corrected chi connectivity index (χ1v) is 6.92. The van der Waals surface area contributed by atoms with Gasteiger partial charge in [-0.3, -0.25) is 4.79 Å². The van der Waals surface area contributed by atoms with Crippen molar-refractivity contribution in [2.75, 3.05) is 7.05 Å². The van der Waals surface area contributed by atoms with Crippen molar-refractivity contribution in [3.63, 3.8) is 0 Å². The third kappa shape index (κ3) is 3.33. The second kappa shape index (κ2) is 5.72. The maximum absolute atomic E-state index is 13.7. The zero-order valence-corrected chi connectivity index (χ0v) is 12.2. The van der Waals surface area contributed by atoms with E-state index in [0.29, 0.717) is 10.9 Å². The third-order valence-corrected chi connectivity index (χ3v) is 3.94. The summed E-state index contributed by atoms with van der Waals surface area (Å²) in [5, 5.41) is 0. The van der Waals surface area contributed by atoms with Crippen molar-refractivity contribution in [3.05, 3.63) is 56.5 Å². The molecule has 0 N–H and O–H groups in total. The van der Waals surface area contributed by atoms with Crippen LogP contribution in [0.15, 0.2) is 30.3 Å². The number of carbonyl (C=O) groups excluding carboxylic acids is 1. The summed E-state index contributed by atoms with van der Waals surface area (Å²) in [6.45, 7) is 2.25. The summed E-state index contributed by atoms with van der Waals surface area (Å²) >= 11 is 7.26. The lowest BCUT2D eigenvalue weighted by molar-refractivity contribution is 0.0781. The van der Waals surface area contributed by atoms with Crippen LogP contribution in [-0.2, 0) is 6.54 Å². The molecule has 0 aliphatic heterocycles. The first kappa shape index (κ1) is 14.0. The largest absolute Gasteiger partial charge is 0.336 e. The standard InChI is InChI=1S/C14H13ClFNOS/c1-9-3-5-12(16)11(7-9)14(18)17(2)8-10-4-6-13(15)19-10/h3-7H,8H2,1-2H3. The molecule has 1 heterocycles. The van der Waals surface area contributed by atoms with E-state index in [1.165, 1.54) is 22.3 Å². The van der Waals surface area contributed by atoms with Gasteiger partial charge in [0.15, 0.2) is 0 Å². The number of thiophene rings is 1. The SMILES string of the molecule is Cc1ccc(F)c(C(=O)N(C)Cc2ccc(Cl)s2)c1. The molecule has 2 rings (SSSR count). The Morgan fingerprint density at radius 3 is 2.74 bits per heavy atom. The van der Waals surface area contributed by atoms with E-state index < -0.39 is 5.82 Å². The van der Waals surface area contributed by atoms with Gasteiger partial charge in [0.25, 0.3) is 5.91 Å². The summed E-state index contributed by atoms with van der Waals surface area (Å²) in [7, 11) is 1.65. The molecule has 1 aromatic carbocycles. The van der Waals surface area contributed by atoms with Gasteiger partial charge in [0.2, 0.25) is 0 Å². The average Bonchev–Trinajstić information content (AvgIpc) is 2.77. The van der Waals surface area contributed by atoms with E-state index in [0.717, 1.165) is 10.4 Å². The highest BCUT2D eigenvalue weighted by atomic mass is 35.5. The topological polar surface area (TPSA) is 20.3 Å². The van der Waals surface area contributed by atoms with Gasteiger partial charge >= 0.3 is 0 Å². The smallest absolute Gasteiger partial charge is 0.256 e. The highest BCUT2D eigenvalue weighted by Crippen LogP contribution is 2.23. The molecule has 100 valence electrons. The number of amides is 1. The molecule has 1 amide bonds. The van der Waals surface area contributed by atoms with Gasteiger partial charge in [-0.2, -0.15) is 0 Å². The molecule has 2 nitrogen and oxygen atoms in total. The van der Waals surface area contributed by atoms with Crippen LogP contribution in [0.1, 0.15) is 20.8 Å². The summed E-state index contributed by atoms with van der Waals surface area (Å²) in [6, 6.07) is 8.18. The summed E-state index contributed by atoms with van der Waals surface area (Å²) in [6.07, 6.45) is 0. The molecular weight excluding hydrogens is 285 g/mol. The average molecular weight is 298 g/mol. The van der Waals surface area contributed by atoms with Crippen molar-refractivity contribution in [2.45, 2.75) is 13.5 Å². The maximum atomic E-state index is 13.7. The molecule has 1 aromatic heterocycles. The Labute approximate surface area is 120 Å². The molecule has 19 heavy (non-hydrogen) atoms. The van der Waals surface area contributed by atoms with Gasteiger partial charge in [-0.05, 0) is 31.2 Å². The molecule has 0 fully saturated rings. The lowest BCUT2D eigenvalue weighted by Gasteiger charge is -2.17. The van der Waals surface area contributed by atoms with Crippen molar-refractivity contribution < 1.29 is 9.18 Å². The van der Waals surface area contributed by atoms with Crippen molar-refractivity contribution in [2.24, 2.45) is 0 Å². The van der Waals surface area contributed by atoms with Crippen molar-refractivity contribution in [1.29, 1.82) is 0 Å². The molecule has 0 atom stereocenters. The number of aryl methyl sites for hydroxylation is 1. The molecule has 0 aliphatic carbocycles. The normalized spacial score (nSPS) is 10.5. The lowest BCUT2D eigenvalue weighted by Crippen LogP contribution is -2.26. The first-order chi connectivity index (χ1) is 8.97. The Morgan fingerprint density at radius 2 is 2.11 bits per heavy atom. The highest BCUT2D eigenvalue weighted by Gasteiger charge is 2.17. The Balaban J connectivity index is 2.16. The van der Waals surface area contributed by atoms with Crippen LogP contribution in [0.3, 0.4) is 0 Å². The highest BCUT2D eigenvalue weighted by molar-refractivity contribution is 7.16. The van der Waals surface area contributed by atoms with Gasteiger partial charge in [0.05, 0.1) is 16.4 Å². The number of halogens is 2. The van der Waals surface area contributed by atoms with E-state index in [-0.39, 0.29) is 11.5 Å². The fourth-order valence-electron chi connectivity index (χ4n) is 1.75. The molecule has 0 saturated carbocycles. The lowest BCUT2D eigenvalue weighted by atomic mass is 10.1. The van der Waals surface area contributed by atoms with Crippen LogP contribution >= 0.6 is 22.9 Å². The summed E-state index contributed by atoms with van der Waals surface area (Å²) in [5.74, 6) is -0.822. The Bertz CT molecular complexity index is 611. The fraction of sp³-hybridized carbons (Fsp3) is 0.214. The first-order valence-electron chi connectivity index (χ1n) is 5.73. The van der Waals surface area contributed by atoms with E-state index in [2.05, 4.69) is 0 Å². The zero-order valence-electron chi connectivity index (χ0n) is 10.6. The van der Waals surface area contributed by atoms with Gasteiger partial charge in [0, 0.05) is 11.9 Å². The fourth-order valence-corrected chi connectivity index (χ4v) is 2.89. The number of rotatable bonds is 3. The van der Waals surface area contributed by atoms with Gasteiger partial charge in [-0.25, -0.2) is 4.39 Å². The number of carbonyl (C=O) groups is 1. The van der Waals surface area contributed by atoms with Gasteiger partial charge < -0.3 is 4.90 Å². The Kier molecular flexibility index (Phi) is 4.22. The van der Waals surface area contributed by atoms with Gasteiger partial charge in [-0.15, -0.1) is 11.3 Å². The second-order valence-electron chi connectivity index (χ2n) is 4.35. The predicted octanol–water partition coefficient (Wildman–Crippen LogP) is 4.12. The van der Waals surface area contributed by atoms with E-state index in [1.807, 2.05) is 13.0 Å². The molecule has 2 aromatic rings. The zero-order chi connectivity index (χ0) is 14.0. The molecular formula is C14H13ClFNOS. The quantitative estimate of drug-likeness (QED) is 0.834. The van der Waals surface area contributed by atoms with Crippen LogP contribution in [0.2, 0.25) is 4.34 Å². The predicted molar refractivity (Wildman–Crippen MR) is 76.3 cm³/mol. The van der Waals surface area contributed by atoms with Crippen LogP contribution in [0, 0.1) is 12.7 Å². The molecule has 0 saturated heterocycles. The van der Waals surface area contributed by atoms with Crippen LogP contribution < -0.4 is 0 Å². The van der Waals surface area contributed by atoms with E-state index in [1.54, 1.807) is 25.2 Å². The molecule has 0 radical (unpaired) electrons. The number of hydrogen-bond donors (Lipinski definition) is 0. The molecule has 5 heteroatoms. The van der Waals surface area contributed by atoms with E-state index >= 15 is 0 Å².